The fraction of sp³-hybridized carbons (Fsp3) is 0.520. The number of benzene rings is 1. The van der Waals surface area contributed by atoms with E-state index in [0.29, 0.717) is 23.6 Å². The lowest BCUT2D eigenvalue weighted by atomic mass is 9.86. The molecule has 0 saturated heterocycles. The van der Waals surface area contributed by atoms with Crippen molar-refractivity contribution in [2.75, 3.05) is 35.2 Å². The van der Waals surface area contributed by atoms with Gasteiger partial charge in [-0.05, 0) is 75.6 Å². The van der Waals surface area contributed by atoms with Crippen LogP contribution in [-0.2, 0) is 4.79 Å². The molecule has 182 valence electrons. The summed E-state index contributed by atoms with van der Waals surface area (Å²) in [5.41, 5.74) is 4.83. The Morgan fingerprint density at radius 3 is 2.71 bits per heavy atom. The van der Waals surface area contributed by atoms with Crippen LogP contribution in [0, 0.1) is 12.8 Å². The van der Waals surface area contributed by atoms with Crippen molar-refractivity contribution < 1.29 is 4.79 Å². The molecule has 3 aromatic rings. The van der Waals surface area contributed by atoms with E-state index in [1.165, 1.54) is 5.69 Å². The predicted octanol–water partition coefficient (Wildman–Crippen LogP) is 4.36. The number of amides is 1. The number of hydrogen-bond acceptors (Lipinski definition) is 7. The Morgan fingerprint density at radius 2 is 2.00 bits per heavy atom. The molecule has 0 unspecified atom stereocenters. The largest absolute Gasteiger partial charge is 0.372 e. The van der Waals surface area contributed by atoms with Crippen molar-refractivity contribution >= 4 is 40.7 Å². The number of aromatic amines is 1. The van der Waals surface area contributed by atoms with Gasteiger partial charge in [0.2, 0.25) is 12.4 Å². The predicted molar refractivity (Wildman–Crippen MR) is 138 cm³/mol. The van der Waals surface area contributed by atoms with Gasteiger partial charge in [-0.25, -0.2) is 4.98 Å². The van der Waals surface area contributed by atoms with Crippen molar-refractivity contribution in [3.05, 3.63) is 30.1 Å². The van der Waals surface area contributed by atoms with E-state index in [9.17, 15) is 4.79 Å². The van der Waals surface area contributed by atoms with Gasteiger partial charge < -0.3 is 25.8 Å². The minimum absolute atomic E-state index is 0.335. The molecule has 1 saturated carbocycles. The van der Waals surface area contributed by atoms with Crippen molar-refractivity contribution in [1.29, 1.82) is 0 Å². The summed E-state index contributed by atoms with van der Waals surface area (Å²) in [6.45, 7) is 9.30. The zero-order valence-corrected chi connectivity index (χ0v) is 20.4. The van der Waals surface area contributed by atoms with Crippen molar-refractivity contribution in [3.63, 3.8) is 0 Å². The maximum atomic E-state index is 10.6. The van der Waals surface area contributed by atoms with Crippen molar-refractivity contribution in [3.8, 4) is 0 Å². The summed E-state index contributed by atoms with van der Waals surface area (Å²) in [6.07, 6.45) is 7.81. The Morgan fingerprint density at radius 1 is 1.18 bits per heavy atom. The van der Waals surface area contributed by atoms with Crippen molar-refractivity contribution in [2.24, 2.45) is 5.92 Å². The number of aromatic nitrogens is 4. The quantitative estimate of drug-likeness (QED) is 0.312. The number of rotatable bonds is 11. The number of H-pyrrole nitrogens is 1. The number of nitrogens with one attached hydrogen (secondary N) is 4. The van der Waals surface area contributed by atoms with Crippen LogP contribution in [0.25, 0.3) is 11.2 Å². The smallest absolute Gasteiger partial charge is 0.231 e. The first-order chi connectivity index (χ1) is 16.6. The van der Waals surface area contributed by atoms with E-state index >= 15 is 0 Å². The lowest BCUT2D eigenvalue weighted by molar-refractivity contribution is -0.109. The molecule has 0 radical (unpaired) electrons. The minimum atomic E-state index is 0.335. The second-order valence-electron chi connectivity index (χ2n) is 9.09. The third kappa shape index (κ3) is 5.58. The first-order valence-corrected chi connectivity index (χ1v) is 12.4. The number of fused-ring (bicyclic) bond motifs is 1. The first-order valence-electron chi connectivity index (χ1n) is 12.4. The van der Waals surface area contributed by atoms with Crippen LogP contribution in [0.4, 0.5) is 23.1 Å². The summed E-state index contributed by atoms with van der Waals surface area (Å²) in [4.78, 5) is 29.9. The van der Waals surface area contributed by atoms with E-state index in [2.05, 4.69) is 74.8 Å². The molecule has 0 spiro atoms. The van der Waals surface area contributed by atoms with Gasteiger partial charge in [0.15, 0.2) is 11.5 Å². The number of carbonyl (C=O) groups is 1. The van der Waals surface area contributed by atoms with E-state index in [1.54, 1.807) is 6.33 Å². The maximum absolute atomic E-state index is 10.6. The molecule has 0 bridgehead atoms. The van der Waals surface area contributed by atoms with Gasteiger partial charge in [0, 0.05) is 37.1 Å². The second-order valence-corrected chi connectivity index (χ2v) is 9.09. The number of aryl methyl sites for hydroxylation is 1. The van der Waals surface area contributed by atoms with Gasteiger partial charge in [-0.1, -0.05) is 6.92 Å². The maximum Gasteiger partial charge on any atom is 0.231 e. The van der Waals surface area contributed by atoms with Gasteiger partial charge >= 0.3 is 0 Å². The molecule has 1 aliphatic rings. The number of anilines is 4. The fourth-order valence-corrected chi connectivity index (χ4v) is 4.76. The van der Waals surface area contributed by atoms with Gasteiger partial charge in [-0.3, -0.25) is 4.79 Å². The lowest BCUT2D eigenvalue weighted by Gasteiger charge is -2.29. The van der Waals surface area contributed by atoms with Crippen LogP contribution in [0.3, 0.4) is 0 Å². The van der Waals surface area contributed by atoms with Crippen LogP contribution in [0.2, 0.25) is 0 Å². The summed E-state index contributed by atoms with van der Waals surface area (Å²) in [5, 5.41) is 9.83. The van der Waals surface area contributed by atoms with Crippen molar-refractivity contribution in [1.82, 2.24) is 25.3 Å². The monoisotopic (exact) mass is 464 g/mol. The van der Waals surface area contributed by atoms with E-state index in [4.69, 9.17) is 4.98 Å². The Hall–Kier alpha value is -3.36. The van der Waals surface area contributed by atoms with Gasteiger partial charge in [-0.15, -0.1) is 0 Å². The van der Waals surface area contributed by atoms with Crippen LogP contribution < -0.4 is 20.9 Å². The highest BCUT2D eigenvalue weighted by atomic mass is 16.1. The first kappa shape index (κ1) is 23.8. The molecular formula is C25H36N8O. The molecule has 1 aromatic carbocycles. The summed E-state index contributed by atoms with van der Waals surface area (Å²) in [7, 11) is 0. The van der Waals surface area contributed by atoms with Crippen LogP contribution in [-0.4, -0.2) is 52.0 Å². The summed E-state index contributed by atoms with van der Waals surface area (Å²) >= 11 is 0. The highest BCUT2D eigenvalue weighted by molar-refractivity contribution is 5.84. The molecule has 1 fully saturated rings. The molecular weight excluding hydrogens is 428 g/mol. The molecule has 2 heterocycles. The zero-order chi connectivity index (χ0) is 23.9. The number of carbonyl (C=O) groups excluding carboxylic acids is 1. The topological polar surface area (TPSA) is 111 Å². The van der Waals surface area contributed by atoms with E-state index < -0.39 is 0 Å². The normalized spacial score (nSPS) is 18.0. The van der Waals surface area contributed by atoms with Crippen LogP contribution in [0.1, 0.15) is 51.5 Å². The van der Waals surface area contributed by atoms with Gasteiger partial charge in [0.1, 0.15) is 5.52 Å². The zero-order valence-electron chi connectivity index (χ0n) is 20.4. The molecule has 4 rings (SSSR count). The minimum Gasteiger partial charge on any atom is -0.372 e. The van der Waals surface area contributed by atoms with E-state index in [-0.39, 0.29) is 0 Å². The van der Waals surface area contributed by atoms with Gasteiger partial charge in [0.25, 0.3) is 0 Å². The molecule has 1 amide bonds. The van der Waals surface area contributed by atoms with Crippen LogP contribution in [0.5, 0.6) is 0 Å². The third-order valence-electron chi connectivity index (χ3n) is 6.66. The van der Waals surface area contributed by atoms with E-state index in [1.807, 2.05) is 0 Å². The van der Waals surface area contributed by atoms with Crippen molar-refractivity contribution in [2.45, 2.75) is 58.9 Å². The summed E-state index contributed by atoms with van der Waals surface area (Å²) in [5.74, 6) is 1.85. The molecule has 34 heavy (non-hydrogen) atoms. The average Bonchev–Trinajstić information content (AvgIpc) is 3.32. The molecule has 4 N–H and O–H groups in total. The Bertz CT molecular complexity index is 1090. The molecule has 9 nitrogen and oxygen atoms in total. The Balaban J connectivity index is 1.49. The standard InChI is InChI=1S/C25H36N8O/c1-4-12-33(5-2)20-10-11-21(17(3)13-20)30-25-31-23-22(27-15-28-23)24(32-25)29-19-8-6-18(7-9-19)14-26-16-34/h10-11,13,15-16,18-19H,4-9,12,14H2,1-3H3,(H,26,34)(H3,27,28,29,30,31,32). The molecule has 0 atom stereocenters. The Kier molecular flexibility index (Phi) is 7.82. The molecule has 9 heteroatoms. The Labute approximate surface area is 201 Å². The van der Waals surface area contributed by atoms with Crippen LogP contribution >= 0.6 is 0 Å². The fourth-order valence-electron chi connectivity index (χ4n) is 4.76. The number of hydrogen-bond donors (Lipinski definition) is 4. The lowest BCUT2D eigenvalue weighted by Crippen LogP contribution is -2.31. The SMILES string of the molecule is CCCN(CC)c1ccc(Nc2nc(NC3CCC(CNC=O)CC3)c3[nH]cnc3n2)c(C)c1. The van der Waals surface area contributed by atoms with Gasteiger partial charge in [-0.2, -0.15) is 9.97 Å². The summed E-state index contributed by atoms with van der Waals surface area (Å²) in [6, 6.07) is 6.80. The van der Waals surface area contributed by atoms with Gasteiger partial charge in [0.05, 0.1) is 6.33 Å². The highest BCUT2D eigenvalue weighted by Gasteiger charge is 2.22. The van der Waals surface area contributed by atoms with Crippen LogP contribution in [0.15, 0.2) is 24.5 Å². The highest BCUT2D eigenvalue weighted by Crippen LogP contribution is 2.29. The second kappa shape index (κ2) is 11.2. The molecule has 2 aromatic heterocycles. The third-order valence-corrected chi connectivity index (χ3v) is 6.66. The average molecular weight is 465 g/mol. The summed E-state index contributed by atoms with van der Waals surface area (Å²) < 4.78 is 0. The number of imidazole rings is 1. The number of nitrogens with zero attached hydrogens (tertiary/aromatic N) is 4. The molecule has 1 aliphatic carbocycles. The van der Waals surface area contributed by atoms with E-state index in [0.717, 1.165) is 80.7 Å². The molecule has 0 aliphatic heterocycles.